The molecule has 0 saturated carbocycles. The van der Waals surface area contributed by atoms with Crippen LogP contribution >= 0.6 is 11.3 Å². The van der Waals surface area contributed by atoms with Crippen LogP contribution in [0.1, 0.15) is 40.1 Å². The van der Waals surface area contributed by atoms with Crippen molar-refractivity contribution in [2.24, 2.45) is 0 Å². The average Bonchev–Trinajstić information content (AvgIpc) is 3.14. The molecule has 0 aliphatic carbocycles. The molecule has 0 spiro atoms. The molecule has 1 unspecified atom stereocenters. The summed E-state index contributed by atoms with van der Waals surface area (Å²) in [4.78, 5) is 16.7. The first-order valence-corrected chi connectivity index (χ1v) is 9.03. The Morgan fingerprint density at radius 3 is 2.76 bits per heavy atom. The molecule has 0 saturated heterocycles. The number of carbonyl (C=O) groups is 1. The second-order valence-electron chi connectivity index (χ2n) is 5.90. The van der Waals surface area contributed by atoms with Gasteiger partial charge in [0.1, 0.15) is 12.4 Å². The number of nitrogens with zero attached hydrogens (tertiary/aromatic N) is 1. The molecule has 3 rings (SSSR count). The van der Waals surface area contributed by atoms with Crippen LogP contribution in [0, 0.1) is 6.92 Å². The highest BCUT2D eigenvalue weighted by Crippen LogP contribution is 2.18. The van der Waals surface area contributed by atoms with E-state index in [0.717, 1.165) is 11.3 Å². The lowest BCUT2D eigenvalue weighted by Crippen LogP contribution is -2.26. The van der Waals surface area contributed by atoms with Crippen molar-refractivity contribution < 1.29 is 9.53 Å². The quantitative estimate of drug-likeness (QED) is 0.709. The van der Waals surface area contributed by atoms with Crippen LogP contribution in [0.15, 0.2) is 59.4 Å². The van der Waals surface area contributed by atoms with Gasteiger partial charge in [0.25, 0.3) is 5.91 Å². The smallest absolute Gasteiger partial charge is 0.251 e. The van der Waals surface area contributed by atoms with Gasteiger partial charge in [0.2, 0.25) is 0 Å². The molecule has 1 N–H and O–H groups in total. The molecule has 1 atom stereocenters. The summed E-state index contributed by atoms with van der Waals surface area (Å²) >= 11 is 1.53. The maximum Gasteiger partial charge on any atom is 0.251 e. The molecule has 5 heteroatoms. The first kappa shape index (κ1) is 17.2. The Morgan fingerprint density at radius 1 is 1.24 bits per heavy atom. The van der Waals surface area contributed by atoms with Gasteiger partial charge in [0, 0.05) is 10.9 Å². The standard InChI is InChI=1S/C20H20N2O2S/c1-14-6-8-16(9-7-14)15(2)22-20(23)17-4-3-5-19(10-17)24-11-18-12-25-13-21-18/h3-10,12-13,15H,11H2,1-2H3,(H,22,23). The Bertz CT molecular complexity index is 829. The summed E-state index contributed by atoms with van der Waals surface area (Å²) in [6.07, 6.45) is 0. The van der Waals surface area contributed by atoms with Gasteiger partial charge >= 0.3 is 0 Å². The predicted molar refractivity (Wildman–Crippen MR) is 99.9 cm³/mol. The third kappa shape index (κ3) is 4.67. The van der Waals surface area contributed by atoms with Crippen molar-refractivity contribution in [3.63, 3.8) is 0 Å². The van der Waals surface area contributed by atoms with Gasteiger partial charge in [-0.1, -0.05) is 35.9 Å². The summed E-state index contributed by atoms with van der Waals surface area (Å²) in [5.41, 5.74) is 5.51. The van der Waals surface area contributed by atoms with E-state index in [1.54, 1.807) is 17.6 Å². The maximum atomic E-state index is 12.5. The van der Waals surface area contributed by atoms with E-state index < -0.39 is 0 Å². The minimum Gasteiger partial charge on any atom is -0.487 e. The summed E-state index contributed by atoms with van der Waals surface area (Å²) in [7, 11) is 0. The first-order chi connectivity index (χ1) is 12.1. The Morgan fingerprint density at radius 2 is 2.04 bits per heavy atom. The van der Waals surface area contributed by atoms with E-state index in [1.807, 2.05) is 55.6 Å². The van der Waals surface area contributed by atoms with E-state index in [-0.39, 0.29) is 11.9 Å². The van der Waals surface area contributed by atoms with Crippen LogP contribution in [0.3, 0.4) is 0 Å². The van der Waals surface area contributed by atoms with Gasteiger partial charge < -0.3 is 10.1 Å². The highest BCUT2D eigenvalue weighted by molar-refractivity contribution is 7.07. The van der Waals surface area contributed by atoms with Crippen molar-refractivity contribution >= 4 is 17.2 Å². The lowest BCUT2D eigenvalue weighted by Gasteiger charge is -2.15. The summed E-state index contributed by atoms with van der Waals surface area (Å²) < 4.78 is 5.71. The molecule has 0 radical (unpaired) electrons. The van der Waals surface area contributed by atoms with Crippen LogP contribution in [0.5, 0.6) is 5.75 Å². The van der Waals surface area contributed by atoms with Gasteiger partial charge in [-0.05, 0) is 37.6 Å². The first-order valence-electron chi connectivity index (χ1n) is 8.09. The zero-order chi connectivity index (χ0) is 17.6. The number of amides is 1. The van der Waals surface area contributed by atoms with Crippen molar-refractivity contribution in [3.8, 4) is 5.75 Å². The van der Waals surface area contributed by atoms with Crippen molar-refractivity contribution in [3.05, 3.63) is 81.8 Å². The molecule has 1 heterocycles. The van der Waals surface area contributed by atoms with E-state index in [9.17, 15) is 4.79 Å². The molecule has 1 aromatic heterocycles. The number of aryl methyl sites for hydroxylation is 1. The van der Waals surface area contributed by atoms with Gasteiger partial charge in [0.15, 0.2) is 0 Å². The molecular weight excluding hydrogens is 332 g/mol. The largest absolute Gasteiger partial charge is 0.487 e. The van der Waals surface area contributed by atoms with Gasteiger partial charge in [-0.2, -0.15) is 0 Å². The fraction of sp³-hybridized carbons (Fsp3) is 0.200. The van der Waals surface area contributed by atoms with Crippen LogP contribution < -0.4 is 10.1 Å². The monoisotopic (exact) mass is 352 g/mol. The second-order valence-corrected chi connectivity index (χ2v) is 6.62. The molecular formula is C20H20N2O2S. The Kier molecular flexibility index (Phi) is 5.46. The fourth-order valence-electron chi connectivity index (χ4n) is 2.41. The minimum absolute atomic E-state index is 0.0623. The number of benzene rings is 2. The minimum atomic E-state index is -0.118. The fourth-order valence-corrected chi connectivity index (χ4v) is 2.95. The summed E-state index contributed by atoms with van der Waals surface area (Å²) in [6.45, 7) is 4.42. The highest BCUT2D eigenvalue weighted by Gasteiger charge is 2.12. The third-order valence-corrected chi connectivity index (χ3v) is 4.53. The lowest BCUT2D eigenvalue weighted by atomic mass is 10.1. The van der Waals surface area contributed by atoms with Crippen LogP contribution in [-0.4, -0.2) is 10.9 Å². The van der Waals surface area contributed by atoms with Gasteiger partial charge in [-0.25, -0.2) is 4.98 Å². The SMILES string of the molecule is Cc1ccc(C(C)NC(=O)c2cccc(OCc3cscn3)c2)cc1. The average molecular weight is 352 g/mol. The van der Waals surface area contributed by atoms with Gasteiger partial charge in [0.05, 0.1) is 17.2 Å². The number of ether oxygens (including phenoxy) is 1. The van der Waals surface area contributed by atoms with Crippen molar-refractivity contribution in [1.82, 2.24) is 10.3 Å². The summed E-state index contributed by atoms with van der Waals surface area (Å²) in [5.74, 6) is 0.538. The van der Waals surface area contributed by atoms with E-state index in [4.69, 9.17) is 4.74 Å². The van der Waals surface area contributed by atoms with E-state index in [1.165, 1.54) is 16.9 Å². The van der Waals surface area contributed by atoms with E-state index in [0.29, 0.717) is 17.9 Å². The maximum absolute atomic E-state index is 12.5. The number of hydrogen-bond donors (Lipinski definition) is 1. The van der Waals surface area contributed by atoms with E-state index >= 15 is 0 Å². The van der Waals surface area contributed by atoms with Crippen LogP contribution in [0.2, 0.25) is 0 Å². The summed E-state index contributed by atoms with van der Waals surface area (Å²) in [6, 6.07) is 15.3. The van der Waals surface area contributed by atoms with E-state index in [2.05, 4.69) is 10.3 Å². The zero-order valence-electron chi connectivity index (χ0n) is 14.2. The van der Waals surface area contributed by atoms with Crippen LogP contribution in [0.4, 0.5) is 0 Å². The normalized spacial score (nSPS) is 11.8. The molecule has 0 bridgehead atoms. The number of carbonyl (C=O) groups excluding carboxylic acids is 1. The van der Waals surface area contributed by atoms with Crippen molar-refractivity contribution in [2.45, 2.75) is 26.5 Å². The second kappa shape index (κ2) is 7.94. The molecule has 3 aromatic rings. The number of aromatic nitrogens is 1. The summed E-state index contributed by atoms with van der Waals surface area (Å²) in [5, 5.41) is 4.97. The Labute approximate surface area is 151 Å². The molecule has 128 valence electrons. The Balaban J connectivity index is 1.63. The molecule has 25 heavy (non-hydrogen) atoms. The predicted octanol–water partition coefficient (Wildman–Crippen LogP) is 4.52. The van der Waals surface area contributed by atoms with Gasteiger partial charge in [-0.3, -0.25) is 4.79 Å². The number of nitrogens with one attached hydrogen (secondary N) is 1. The van der Waals surface area contributed by atoms with Crippen LogP contribution in [-0.2, 0) is 6.61 Å². The van der Waals surface area contributed by atoms with Crippen LogP contribution in [0.25, 0.3) is 0 Å². The molecule has 0 aliphatic rings. The van der Waals surface area contributed by atoms with Gasteiger partial charge in [-0.15, -0.1) is 11.3 Å². The topological polar surface area (TPSA) is 51.2 Å². The molecule has 4 nitrogen and oxygen atoms in total. The molecule has 0 fully saturated rings. The van der Waals surface area contributed by atoms with Crippen molar-refractivity contribution in [2.75, 3.05) is 0 Å². The van der Waals surface area contributed by atoms with Crippen molar-refractivity contribution in [1.29, 1.82) is 0 Å². The molecule has 0 aliphatic heterocycles. The number of rotatable bonds is 6. The number of hydrogen-bond acceptors (Lipinski definition) is 4. The number of thiazole rings is 1. The third-order valence-electron chi connectivity index (χ3n) is 3.89. The Hall–Kier alpha value is -2.66. The molecule has 1 amide bonds. The zero-order valence-corrected chi connectivity index (χ0v) is 15.0. The highest BCUT2D eigenvalue weighted by atomic mass is 32.1. The lowest BCUT2D eigenvalue weighted by molar-refractivity contribution is 0.0939. The molecule has 2 aromatic carbocycles.